The number of likely N-dealkylation sites (tertiary alicyclic amines) is 1. The van der Waals surface area contributed by atoms with Crippen molar-refractivity contribution < 1.29 is 5.11 Å². The second-order valence-corrected chi connectivity index (χ2v) is 9.21. The number of fused-ring (bicyclic) bond motifs is 1. The lowest BCUT2D eigenvalue weighted by molar-refractivity contribution is 0.141. The highest BCUT2D eigenvalue weighted by Crippen LogP contribution is 2.31. The van der Waals surface area contributed by atoms with E-state index in [1.807, 2.05) is 38.2 Å². The van der Waals surface area contributed by atoms with E-state index >= 15 is 0 Å². The fourth-order valence-electron chi connectivity index (χ4n) is 5.20. The van der Waals surface area contributed by atoms with Crippen LogP contribution in [0.2, 0.25) is 0 Å². The van der Waals surface area contributed by atoms with Gasteiger partial charge in [0.1, 0.15) is 11.6 Å². The molecular weight excluding hydrogens is 384 g/mol. The maximum absolute atomic E-state index is 10.1. The number of aromatic nitrogens is 2. The Balaban J connectivity index is 1.36. The summed E-state index contributed by atoms with van der Waals surface area (Å²) in [5, 5.41) is 10.1. The Labute approximate surface area is 184 Å². The van der Waals surface area contributed by atoms with Crippen LogP contribution < -0.4 is 4.90 Å². The molecule has 5 nitrogen and oxygen atoms in total. The van der Waals surface area contributed by atoms with Gasteiger partial charge in [0.15, 0.2) is 0 Å². The SMILES string of the molecule is Cc1cc(-c2ccc3ncc(N4CCC(N5CCCCC5)CC4)nc3c2)cc(C)c1O. The topological polar surface area (TPSA) is 52.5 Å². The lowest BCUT2D eigenvalue weighted by Crippen LogP contribution is -2.46. The Kier molecular flexibility index (Phi) is 5.53. The molecular formula is C26H32N4O. The molecule has 0 saturated carbocycles. The summed E-state index contributed by atoms with van der Waals surface area (Å²) in [6, 6.07) is 11.1. The summed E-state index contributed by atoms with van der Waals surface area (Å²) in [5.41, 5.74) is 5.84. The fraction of sp³-hybridized carbons (Fsp3) is 0.462. The highest BCUT2D eigenvalue weighted by molar-refractivity contribution is 5.82. The number of hydrogen-bond acceptors (Lipinski definition) is 5. The Morgan fingerprint density at radius 1 is 0.839 bits per heavy atom. The number of benzene rings is 2. The Morgan fingerprint density at radius 2 is 1.55 bits per heavy atom. The van der Waals surface area contributed by atoms with Crippen molar-refractivity contribution in [3.8, 4) is 16.9 Å². The smallest absolute Gasteiger partial charge is 0.147 e. The molecule has 2 fully saturated rings. The van der Waals surface area contributed by atoms with Crippen LogP contribution in [0.15, 0.2) is 36.5 Å². The Bertz CT molecular complexity index is 1060. The predicted molar refractivity (Wildman–Crippen MR) is 127 cm³/mol. The average Bonchev–Trinajstić information content (AvgIpc) is 2.82. The quantitative estimate of drug-likeness (QED) is 0.646. The van der Waals surface area contributed by atoms with E-state index in [1.54, 1.807) is 0 Å². The van der Waals surface area contributed by atoms with Crippen LogP contribution in [0.3, 0.4) is 0 Å². The summed E-state index contributed by atoms with van der Waals surface area (Å²) >= 11 is 0. The maximum atomic E-state index is 10.1. The van der Waals surface area contributed by atoms with Crippen LogP contribution in [-0.4, -0.2) is 52.2 Å². The lowest BCUT2D eigenvalue weighted by Gasteiger charge is -2.40. The molecule has 0 bridgehead atoms. The molecule has 2 aromatic carbocycles. The molecule has 0 aliphatic carbocycles. The van der Waals surface area contributed by atoms with Gasteiger partial charge in [-0.25, -0.2) is 4.98 Å². The van der Waals surface area contributed by atoms with Gasteiger partial charge in [0.2, 0.25) is 0 Å². The Morgan fingerprint density at radius 3 is 2.26 bits per heavy atom. The van der Waals surface area contributed by atoms with Gasteiger partial charge in [-0.15, -0.1) is 0 Å². The highest BCUT2D eigenvalue weighted by atomic mass is 16.3. The van der Waals surface area contributed by atoms with Crippen LogP contribution in [0.25, 0.3) is 22.2 Å². The number of anilines is 1. The van der Waals surface area contributed by atoms with E-state index in [1.165, 1.54) is 45.2 Å². The number of nitrogens with zero attached hydrogens (tertiary/aromatic N) is 4. The first-order chi connectivity index (χ1) is 15.1. The minimum Gasteiger partial charge on any atom is -0.507 e. The van der Waals surface area contributed by atoms with Crippen LogP contribution in [0.1, 0.15) is 43.2 Å². The molecule has 1 aromatic heterocycles. The van der Waals surface area contributed by atoms with Crippen molar-refractivity contribution in [2.45, 2.75) is 52.0 Å². The van der Waals surface area contributed by atoms with Crippen molar-refractivity contribution in [3.63, 3.8) is 0 Å². The molecule has 1 N–H and O–H groups in total. The molecule has 0 atom stereocenters. The van der Waals surface area contributed by atoms with Gasteiger partial charge in [0.25, 0.3) is 0 Å². The normalized spacial score (nSPS) is 18.6. The molecule has 162 valence electrons. The van der Waals surface area contributed by atoms with E-state index in [0.29, 0.717) is 5.75 Å². The van der Waals surface area contributed by atoms with Crippen LogP contribution in [0, 0.1) is 13.8 Å². The second kappa shape index (κ2) is 8.46. The first kappa shape index (κ1) is 20.3. The van der Waals surface area contributed by atoms with E-state index in [-0.39, 0.29) is 0 Å². The number of phenols is 1. The standard InChI is InChI=1S/C26H32N4O/c1-18-14-21(15-19(2)26(18)31)20-6-7-23-24(16-20)28-25(17-27-23)30-12-8-22(9-13-30)29-10-4-3-5-11-29/h6-7,14-17,22,31H,3-5,8-13H2,1-2H3. The Hall–Kier alpha value is -2.66. The van der Waals surface area contributed by atoms with Crippen molar-refractivity contribution in [2.24, 2.45) is 0 Å². The predicted octanol–water partition coefficient (Wildman–Crippen LogP) is 5.07. The van der Waals surface area contributed by atoms with Crippen molar-refractivity contribution in [1.29, 1.82) is 0 Å². The summed E-state index contributed by atoms with van der Waals surface area (Å²) < 4.78 is 0. The van der Waals surface area contributed by atoms with E-state index in [0.717, 1.165) is 58.2 Å². The molecule has 0 radical (unpaired) electrons. The van der Waals surface area contributed by atoms with Gasteiger partial charge < -0.3 is 14.9 Å². The van der Waals surface area contributed by atoms with Crippen LogP contribution in [-0.2, 0) is 0 Å². The van der Waals surface area contributed by atoms with Crippen LogP contribution in [0.5, 0.6) is 5.75 Å². The van der Waals surface area contributed by atoms with Gasteiger partial charge in [-0.1, -0.05) is 12.5 Å². The minimum absolute atomic E-state index is 0.375. The third-order valence-corrected chi connectivity index (χ3v) is 7.05. The lowest BCUT2D eigenvalue weighted by atomic mass is 9.99. The average molecular weight is 417 g/mol. The number of aromatic hydroxyl groups is 1. The zero-order valence-electron chi connectivity index (χ0n) is 18.6. The number of aryl methyl sites for hydroxylation is 2. The first-order valence-electron chi connectivity index (χ1n) is 11.6. The minimum atomic E-state index is 0.375. The number of phenolic OH excluding ortho intramolecular Hbond substituents is 1. The van der Waals surface area contributed by atoms with Gasteiger partial charge >= 0.3 is 0 Å². The van der Waals surface area contributed by atoms with E-state index < -0.39 is 0 Å². The summed E-state index contributed by atoms with van der Waals surface area (Å²) in [6.07, 6.45) is 8.47. The zero-order valence-corrected chi connectivity index (χ0v) is 18.6. The summed E-state index contributed by atoms with van der Waals surface area (Å²) in [4.78, 5) is 14.8. The maximum Gasteiger partial charge on any atom is 0.147 e. The summed E-state index contributed by atoms with van der Waals surface area (Å²) in [7, 11) is 0. The van der Waals surface area contributed by atoms with E-state index in [4.69, 9.17) is 9.97 Å². The van der Waals surface area contributed by atoms with Crippen LogP contribution >= 0.6 is 0 Å². The molecule has 3 heterocycles. The van der Waals surface area contributed by atoms with Gasteiger partial charge in [-0.3, -0.25) is 4.98 Å². The van der Waals surface area contributed by atoms with Gasteiger partial charge in [-0.2, -0.15) is 0 Å². The molecule has 5 heteroatoms. The van der Waals surface area contributed by atoms with Gasteiger partial charge in [0.05, 0.1) is 17.2 Å². The molecule has 31 heavy (non-hydrogen) atoms. The highest BCUT2D eigenvalue weighted by Gasteiger charge is 2.26. The first-order valence-corrected chi connectivity index (χ1v) is 11.6. The number of hydrogen-bond donors (Lipinski definition) is 1. The molecule has 2 saturated heterocycles. The van der Waals surface area contributed by atoms with Crippen molar-refractivity contribution in [3.05, 3.63) is 47.7 Å². The second-order valence-electron chi connectivity index (χ2n) is 9.21. The van der Waals surface area contributed by atoms with E-state index in [2.05, 4.69) is 21.9 Å². The molecule has 2 aliphatic heterocycles. The molecule has 0 unspecified atom stereocenters. The van der Waals surface area contributed by atoms with Gasteiger partial charge in [-0.05, 0) is 99.1 Å². The van der Waals surface area contributed by atoms with Crippen molar-refractivity contribution >= 4 is 16.9 Å². The molecule has 3 aromatic rings. The molecule has 0 amide bonds. The monoisotopic (exact) mass is 416 g/mol. The van der Waals surface area contributed by atoms with Crippen molar-refractivity contribution in [1.82, 2.24) is 14.9 Å². The van der Waals surface area contributed by atoms with Crippen LogP contribution in [0.4, 0.5) is 5.82 Å². The summed E-state index contributed by atoms with van der Waals surface area (Å²) in [6.45, 7) is 8.55. The van der Waals surface area contributed by atoms with E-state index in [9.17, 15) is 5.11 Å². The van der Waals surface area contributed by atoms with Gasteiger partial charge in [0, 0.05) is 19.1 Å². The molecule has 2 aliphatic rings. The fourth-order valence-corrected chi connectivity index (χ4v) is 5.20. The molecule has 0 spiro atoms. The third kappa shape index (κ3) is 4.11. The third-order valence-electron chi connectivity index (χ3n) is 7.05. The summed E-state index contributed by atoms with van der Waals surface area (Å²) in [5.74, 6) is 1.36. The number of piperidine rings is 2. The molecule has 5 rings (SSSR count). The number of rotatable bonds is 3. The zero-order chi connectivity index (χ0) is 21.4. The van der Waals surface area contributed by atoms with Crippen molar-refractivity contribution in [2.75, 3.05) is 31.1 Å². The largest absolute Gasteiger partial charge is 0.507 e.